The molecule has 4 aromatic carbocycles. The van der Waals surface area contributed by atoms with Gasteiger partial charge in [-0.1, -0.05) is 49.4 Å². The highest BCUT2D eigenvalue weighted by atomic mass is 32.2. The number of fused-ring (bicyclic) bond motifs is 1. The number of nitrogens with one attached hydrogen (secondary N) is 3. The summed E-state index contributed by atoms with van der Waals surface area (Å²) in [7, 11) is -4.58. The van der Waals surface area contributed by atoms with Gasteiger partial charge < -0.3 is 25.0 Å². The van der Waals surface area contributed by atoms with Crippen LogP contribution in [0.1, 0.15) is 79.9 Å². The number of aromatic amines is 1. The number of carbonyl (C=O) groups is 1. The van der Waals surface area contributed by atoms with E-state index in [4.69, 9.17) is 4.74 Å². The minimum atomic E-state index is -4.58. The second-order valence-corrected chi connectivity index (χ2v) is 17.7. The number of carbonyl (C=O) groups excluding carboxylic acids is 1. The number of anilines is 2. The number of pyridine rings is 1. The number of amides is 1. The molecule has 4 N–H and O–H groups in total. The number of nitro benzene ring substituents is 1. The molecule has 0 unspecified atom stereocenters. The molecule has 1 amide bonds. The molecule has 14 heteroatoms. The average Bonchev–Trinajstić information content (AvgIpc) is 3.93. The fraction of sp³-hybridized carbons (Fsp3) is 0.304. The monoisotopic (exact) mass is 828 g/mol. The maximum Gasteiger partial charge on any atom is 0.293 e. The second-order valence-electron chi connectivity index (χ2n) is 16.0. The molecule has 2 aliphatic rings. The van der Waals surface area contributed by atoms with Crippen LogP contribution in [0.15, 0.2) is 114 Å². The third kappa shape index (κ3) is 8.70. The maximum absolute atomic E-state index is 13.9. The molecule has 6 aromatic rings. The molecule has 1 saturated carbocycles. The lowest BCUT2D eigenvalue weighted by molar-refractivity contribution is -0.384. The number of aliphatic hydroxyl groups is 1. The fourth-order valence-electron chi connectivity index (χ4n) is 8.48. The summed E-state index contributed by atoms with van der Waals surface area (Å²) in [4.78, 5) is 34.8. The van der Waals surface area contributed by atoms with Gasteiger partial charge in [-0.2, -0.15) is 0 Å². The van der Waals surface area contributed by atoms with Crippen LogP contribution in [0.4, 0.5) is 17.1 Å². The third-order valence-electron chi connectivity index (χ3n) is 11.9. The van der Waals surface area contributed by atoms with Crippen molar-refractivity contribution in [2.24, 2.45) is 5.92 Å². The maximum atomic E-state index is 13.9. The number of hydrogen-bond donors (Lipinski definition) is 4. The molecule has 60 heavy (non-hydrogen) atoms. The van der Waals surface area contributed by atoms with E-state index in [9.17, 15) is 28.4 Å². The first-order valence-electron chi connectivity index (χ1n) is 20.4. The van der Waals surface area contributed by atoms with Crippen LogP contribution in [0.25, 0.3) is 22.2 Å². The summed E-state index contributed by atoms with van der Waals surface area (Å²) in [5.41, 5.74) is 5.03. The quantitative estimate of drug-likeness (QED) is 0.0647. The number of nitrogens with zero attached hydrogens (tertiary/aromatic N) is 3. The Morgan fingerprint density at radius 1 is 1.00 bits per heavy atom. The van der Waals surface area contributed by atoms with E-state index in [0.29, 0.717) is 36.8 Å². The molecular weight excluding hydrogens is 781 g/mol. The Balaban J connectivity index is 1.05. The molecule has 310 valence electrons. The summed E-state index contributed by atoms with van der Waals surface area (Å²) in [6, 6.07) is 29.2. The zero-order valence-corrected chi connectivity index (χ0v) is 34.4. The number of H-pyrrole nitrogens is 1. The van der Waals surface area contributed by atoms with Crippen LogP contribution in [0, 0.1) is 16.0 Å². The van der Waals surface area contributed by atoms with Crippen molar-refractivity contribution in [2.45, 2.75) is 75.3 Å². The highest BCUT2D eigenvalue weighted by Gasteiger charge is 2.31. The number of sulfonamides is 1. The van der Waals surface area contributed by atoms with Crippen LogP contribution >= 0.6 is 0 Å². The topological polar surface area (TPSA) is 180 Å². The fourth-order valence-corrected chi connectivity index (χ4v) is 9.46. The van der Waals surface area contributed by atoms with Gasteiger partial charge in [-0.15, -0.1) is 0 Å². The van der Waals surface area contributed by atoms with E-state index < -0.39 is 37.0 Å². The van der Waals surface area contributed by atoms with Crippen molar-refractivity contribution >= 4 is 44.0 Å². The Hall–Kier alpha value is -6.25. The first kappa shape index (κ1) is 40.5. The molecule has 1 aliphatic heterocycles. The van der Waals surface area contributed by atoms with Gasteiger partial charge in [0.1, 0.15) is 22.8 Å². The highest BCUT2D eigenvalue weighted by Crippen LogP contribution is 2.40. The van der Waals surface area contributed by atoms with E-state index in [1.807, 2.05) is 18.2 Å². The van der Waals surface area contributed by atoms with Gasteiger partial charge in [0, 0.05) is 36.4 Å². The van der Waals surface area contributed by atoms with Crippen LogP contribution < -0.4 is 19.7 Å². The molecule has 2 aromatic heterocycles. The van der Waals surface area contributed by atoms with Gasteiger partial charge in [0.2, 0.25) is 0 Å². The molecular formula is C46H48N6O7S. The molecule has 0 spiro atoms. The smallest absolute Gasteiger partial charge is 0.293 e. The number of ether oxygens (including phenoxy) is 1. The summed E-state index contributed by atoms with van der Waals surface area (Å²) >= 11 is 0. The van der Waals surface area contributed by atoms with Gasteiger partial charge in [0.25, 0.3) is 21.6 Å². The molecule has 0 bridgehead atoms. The predicted molar refractivity (Wildman–Crippen MR) is 232 cm³/mol. The van der Waals surface area contributed by atoms with Crippen LogP contribution in [0.2, 0.25) is 0 Å². The van der Waals surface area contributed by atoms with Gasteiger partial charge in [0.05, 0.1) is 33.2 Å². The molecule has 8 rings (SSSR count). The van der Waals surface area contributed by atoms with Gasteiger partial charge in [0.15, 0.2) is 0 Å². The van der Waals surface area contributed by atoms with Crippen molar-refractivity contribution in [2.75, 3.05) is 23.3 Å². The van der Waals surface area contributed by atoms with Gasteiger partial charge in [-0.05, 0) is 129 Å². The van der Waals surface area contributed by atoms with Crippen molar-refractivity contribution in [3.8, 4) is 22.6 Å². The average molecular weight is 829 g/mol. The van der Waals surface area contributed by atoms with Crippen LogP contribution in [0.3, 0.4) is 0 Å². The van der Waals surface area contributed by atoms with Crippen molar-refractivity contribution in [1.82, 2.24) is 14.7 Å². The molecule has 3 heterocycles. The lowest BCUT2D eigenvalue weighted by Gasteiger charge is -2.33. The summed E-state index contributed by atoms with van der Waals surface area (Å²) in [6.07, 6.45) is 9.19. The summed E-state index contributed by atoms with van der Waals surface area (Å²) in [5, 5.41) is 26.3. The molecule has 2 fully saturated rings. The molecule has 0 radical (unpaired) electrons. The van der Waals surface area contributed by atoms with Crippen LogP contribution in [0.5, 0.6) is 11.5 Å². The zero-order chi connectivity index (χ0) is 42.0. The molecule has 1 aliphatic carbocycles. The Morgan fingerprint density at radius 3 is 2.53 bits per heavy atom. The van der Waals surface area contributed by atoms with Crippen LogP contribution in [-0.2, 0) is 16.4 Å². The summed E-state index contributed by atoms with van der Waals surface area (Å²) in [6.45, 7) is 5.38. The number of rotatable bonds is 13. The summed E-state index contributed by atoms with van der Waals surface area (Å²) in [5.74, 6) is -0.358. The van der Waals surface area contributed by atoms with Crippen molar-refractivity contribution in [1.29, 1.82) is 0 Å². The molecule has 1 saturated heterocycles. The first-order chi connectivity index (χ1) is 28.9. The van der Waals surface area contributed by atoms with Crippen molar-refractivity contribution in [3.63, 3.8) is 0 Å². The Bertz CT molecular complexity index is 2650. The Morgan fingerprint density at radius 2 is 1.77 bits per heavy atom. The predicted octanol–water partition coefficient (Wildman–Crippen LogP) is 9.31. The standard InChI is InChI=1S/C46H48N6O7S/c1-3-31-7-4-5-8-38(31)41-9-6-24-51(41)35-13-10-32(11-14-35)33-12-16-39(43(26-33)59-36-25-34-20-23-47-44(34)49-29-36)45(53)50-60(57,58)37-15-17-40(42(27-37)52(55)56)48-28-30-18-21-46(2,54)22-19-30/h4-5,7-8,10-17,20,23,25-27,29-30,41,48,54H,3,6,9,18-19,21-22,24,28H2,1-2H3,(H,47,49)(H,50,53)/t30?,41-,46?/m1/s1. The Labute approximate surface area is 349 Å². The highest BCUT2D eigenvalue weighted by molar-refractivity contribution is 7.90. The minimum absolute atomic E-state index is 0.0677. The van der Waals surface area contributed by atoms with E-state index in [1.165, 1.54) is 35.5 Å². The lowest BCUT2D eigenvalue weighted by Crippen LogP contribution is -2.32. The SMILES string of the molecule is CCc1ccccc1[C@H]1CCCN1c1ccc(-c2ccc(C(=O)NS(=O)(=O)c3ccc(NCC4CCC(C)(O)CC4)c([N+](=O)[O-])c3)c(Oc3cnc4[nH]ccc4c3)c2)cc1. The molecule has 1 atom stereocenters. The van der Waals surface area contributed by atoms with E-state index in [-0.39, 0.29) is 22.9 Å². The minimum Gasteiger partial charge on any atom is -0.455 e. The number of aromatic nitrogens is 2. The second kappa shape index (κ2) is 16.8. The van der Waals surface area contributed by atoms with Gasteiger partial charge in [-0.3, -0.25) is 14.9 Å². The number of benzene rings is 4. The lowest BCUT2D eigenvalue weighted by atomic mass is 9.80. The van der Waals surface area contributed by atoms with E-state index in [2.05, 4.69) is 68.2 Å². The molecule has 13 nitrogen and oxygen atoms in total. The Kier molecular flexibility index (Phi) is 11.3. The van der Waals surface area contributed by atoms with Crippen molar-refractivity contribution in [3.05, 3.63) is 136 Å². The largest absolute Gasteiger partial charge is 0.455 e. The number of hydrogen-bond acceptors (Lipinski definition) is 10. The first-order valence-corrected chi connectivity index (χ1v) is 21.9. The summed E-state index contributed by atoms with van der Waals surface area (Å²) < 4.78 is 35.7. The van der Waals surface area contributed by atoms with E-state index in [1.54, 1.807) is 31.3 Å². The normalized spacial score (nSPS) is 19.3. The van der Waals surface area contributed by atoms with Gasteiger partial charge in [-0.25, -0.2) is 18.1 Å². The van der Waals surface area contributed by atoms with Crippen molar-refractivity contribution < 1.29 is 28.0 Å². The van der Waals surface area contributed by atoms with E-state index >= 15 is 0 Å². The van der Waals surface area contributed by atoms with E-state index in [0.717, 1.165) is 66.9 Å². The number of aryl methyl sites for hydroxylation is 1. The third-order valence-corrected chi connectivity index (χ3v) is 13.2. The van der Waals surface area contributed by atoms with Crippen LogP contribution in [-0.4, -0.2) is 53.0 Å². The zero-order valence-electron chi connectivity index (χ0n) is 33.6. The number of nitro groups is 1. The van der Waals surface area contributed by atoms with Gasteiger partial charge >= 0.3 is 0 Å².